The van der Waals surface area contributed by atoms with Gasteiger partial charge in [0.15, 0.2) is 0 Å². The number of nitrogen functional groups attached to an aromatic ring is 1. The number of hydrogen-bond acceptors (Lipinski definition) is 4. The first-order valence-corrected chi connectivity index (χ1v) is 5.72. The smallest absolute Gasteiger partial charge is 0.337 e. The largest absolute Gasteiger partial charge is 0.478 e. The molecule has 0 heterocycles. The summed E-state index contributed by atoms with van der Waals surface area (Å²) in [7, 11) is 3.24. The first-order valence-electron chi connectivity index (χ1n) is 5.72. The zero-order valence-corrected chi connectivity index (χ0v) is 10.7. The Morgan fingerprint density at radius 3 is 2.11 bits per heavy atom. The maximum Gasteiger partial charge on any atom is 0.337 e. The summed E-state index contributed by atoms with van der Waals surface area (Å²) >= 11 is 0. The third-order valence-electron chi connectivity index (χ3n) is 2.75. The van der Waals surface area contributed by atoms with Gasteiger partial charge in [0, 0.05) is 19.9 Å². The van der Waals surface area contributed by atoms with Crippen molar-refractivity contribution in [3.8, 4) is 0 Å². The molecule has 1 aromatic carbocycles. The minimum Gasteiger partial charge on any atom is -0.478 e. The normalized spacial score (nSPS) is 10.6. The fourth-order valence-electron chi connectivity index (χ4n) is 1.78. The molecule has 5 nitrogen and oxygen atoms in total. The van der Waals surface area contributed by atoms with Crippen LogP contribution in [-0.4, -0.2) is 38.5 Å². The molecule has 1 aromatic rings. The maximum atomic E-state index is 11.0. The van der Waals surface area contributed by atoms with Crippen LogP contribution in [-0.2, 0) is 22.3 Å². The second-order valence-electron chi connectivity index (χ2n) is 4.00. The van der Waals surface area contributed by atoms with Gasteiger partial charge in [-0.25, -0.2) is 4.79 Å². The Hall–Kier alpha value is -1.59. The third kappa shape index (κ3) is 3.72. The van der Waals surface area contributed by atoms with Gasteiger partial charge in [-0.05, 0) is 36.1 Å². The van der Waals surface area contributed by atoms with Gasteiger partial charge in [-0.2, -0.15) is 0 Å². The average Bonchev–Trinajstić information content (AvgIpc) is 2.34. The zero-order valence-electron chi connectivity index (χ0n) is 10.7. The number of carboxylic acids is 1. The quantitative estimate of drug-likeness (QED) is 0.717. The van der Waals surface area contributed by atoms with Gasteiger partial charge in [0.1, 0.15) is 0 Å². The second kappa shape index (κ2) is 6.98. The van der Waals surface area contributed by atoms with E-state index in [4.69, 9.17) is 20.3 Å². The van der Waals surface area contributed by atoms with E-state index in [1.807, 2.05) is 0 Å². The predicted octanol–water partition coefficient (Wildman–Crippen LogP) is 1.34. The number of nitrogens with two attached hydrogens (primary N) is 1. The molecule has 0 radical (unpaired) electrons. The lowest BCUT2D eigenvalue weighted by atomic mass is 9.98. The van der Waals surface area contributed by atoms with Crippen molar-refractivity contribution in [1.29, 1.82) is 0 Å². The van der Waals surface area contributed by atoms with E-state index in [0.29, 0.717) is 26.1 Å². The summed E-state index contributed by atoms with van der Waals surface area (Å²) in [5.74, 6) is -1.01. The molecule has 18 heavy (non-hydrogen) atoms. The van der Waals surface area contributed by atoms with Crippen LogP contribution in [0.4, 0.5) is 5.69 Å². The molecule has 1 rings (SSSR count). The lowest BCUT2D eigenvalue weighted by Gasteiger charge is -2.12. The topological polar surface area (TPSA) is 81.8 Å². The van der Waals surface area contributed by atoms with E-state index in [1.54, 1.807) is 26.4 Å². The van der Waals surface area contributed by atoms with Crippen molar-refractivity contribution in [3.05, 3.63) is 28.8 Å². The Bertz CT molecular complexity index is 418. The number of rotatable bonds is 7. The van der Waals surface area contributed by atoms with Crippen molar-refractivity contribution in [2.75, 3.05) is 33.2 Å². The molecule has 0 saturated carbocycles. The molecule has 0 aliphatic carbocycles. The van der Waals surface area contributed by atoms with Gasteiger partial charge in [0.05, 0.1) is 18.8 Å². The number of carbonyl (C=O) groups is 1. The van der Waals surface area contributed by atoms with E-state index in [-0.39, 0.29) is 11.3 Å². The molecule has 0 atom stereocenters. The predicted molar refractivity (Wildman–Crippen MR) is 69.0 cm³/mol. The third-order valence-corrected chi connectivity index (χ3v) is 2.75. The molecule has 0 unspecified atom stereocenters. The van der Waals surface area contributed by atoms with Crippen molar-refractivity contribution in [3.63, 3.8) is 0 Å². The van der Waals surface area contributed by atoms with Gasteiger partial charge in [-0.15, -0.1) is 0 Å². The van der Waals surface area contributed by atoms with E-state index >= 15 is 0 Å². The van der Waals surface area contributed by atoms with Crippen LogP contribution in [0.25, 0.3) is 0 Å². The Labute approximate surface area is 107 Å². The Balaban J connectivity index is 3.06. The van der Waals surface area contributed by atoms with Crippen LogP contribution < -0.4 is 5.73 Å². The molecule has 0 saturated heterocycles. The second-order valence-corrected chi connectivity index (χ2v) is 4.00. The van der Waals surface area contributed by atoms with Crippen molar-refractivity contribution in [2.24, 2.45) is 0 Å². The monoisotopic (exact) mass is 253 g/mol. The van der Waals surface area contributed by atoms with Crippen LogP contribution in [0, 0.1) is 0 Å². The highest BCUT2D eigenvalue weighted by Crippen LogP contribution is 2.20. The maximum absolute atomic E-state index is 11.0. The van der Waals surface area contributed by atoms with Gasteiger partial charge >= 0.3 is 5.97 Å². The molecule has 0 spiro atoms. The first kappa shape index (κ1) is 14.5. The standard InChI is InChI=1S/C13H19NO4/c1-17-5-3-9-7-11(13(15)16)12(14)8-10(9)4-6-18-2/h7-8H,3-6,14H2,1-2H3,(H,15,16). The Kier molecular flexibility index (Phi) is 5.61. The molecular formula is C13H19NO4. The van der Waals surface area contributed by atoms with Gasteiger partial charge in [-0.1, -0.05) is 0 Å². The zero-order chi connectivity index (χ0) is 13.5. The van der Waals surface area contributed by atoms with E-state index in [9.17, 15) is 4.79 Å². The highest BCUT2D eigenvalue weighted by Gasteiger charge is 2.12. The molecule has 0 aromatic heterocycles. The number of benzene rings is 1. The summed E-state index contributed by atoms with van der Waals surface area (Å²) in [5, 5.41) is 9.05. The lowest BCUT2D eigenvalue weighted by Crippen LogP contribution is -2.09. The lowest BCUT2D eigenvalue weighted by molar-refractivity contribution is 0.0698. The van der Waals surface area contributed by atoms with Crippen LogP contribution in [0.3, 0.4) is 0 Å². The number of aromatic carboxylic acids is 1. The summed E-state index contributed by atoms with van der Waals surface area (Å²) in [4.78, 5) is 11.0. The van der Waals surface area contributed by atoms with Crippen LogP contribution >= 0.6 is 0 Å². The fraction of sp³-hybridized carbons (Fsp3) is 0.462. The van der Waals surface area contributed by atoms with Gasteiger partial charge in [0.25, 0.3) is 0 Å². The molecule has 3 N–H and O–H groups in total. The SMILES string of the molecule is COCCc1cc(N)c(C(=O)O)cc1CCOC. The van der Waals surface area contributed by atoms with E-state index in [1.165, 1.54) is 0 Å². The van der Waals surface area contributed by atoms with Crippen molar-refractivity contribution in [1.82, 2.24) is 0 Å². The fourth-order valence-corrected chi connectivity index (χ4v) is 1.78. The molecule has 0 amide bonds. The number of ether oxygens (including phenoxy) is 2. The van der Waals surface area contributed by atoms with Crippen LogP contribution in [0.15, 0.2) is 12.1 Å². The van der Waals surface area contributed by atoms with Crippen LogP contribution in [0.5, 0.6) is 0 Å². The summed E-state index contributed by atoms with van der Waals surface area (Å²) in [5.41, 5.74) is 8.12. The van der Waals surface area contributed by atoms with E-state index < -0.39 is 5.97 Å². The molecule has 0 fully saturated rings. The summed E-state index contributed by atoms with van der Waals surface area (Å²) < 4.78 is 10.1. The van der Waals surface area contributed by atoms with E-state index in [0.717, 1.165) is 11.1 Å². The number of hydrogen-bond donors (Lipinski definition) is 2. The van der Waals surface area contributed by atoms with E-state index in [2.05, 4.69) is 0 Å². The molecule has 0 bridgehead atoms. The molecule has 5 heteroatoms. The number of carboxylic acid groups (broad SMARTS) is 1. The van der Waals surface area contributed by atoms with Gasteiger partial charge in [-0.3, -0.25) is 0 Å². The van der Waals surface area contributed by atoms with Gasteiger partial charge < -0.3 is 20.3 Å². The van der Waals surface area contributed by atoms with Crippen LogP contribution in [0.2, 0.25) is 0 Å². The van der Waals surface area contributed by atoms with Crippen molar-refractivity contribution >= 4 is 11.7 Å². The molecule has 100 valence electrons. The summed E-state index contributed by atoms with van der Waals surface area (Å²) in [6.45, 7) is 1.12. The first-order chi connectivity index (χ1) is 8.60. The highest BCUT2D eigenvalue weighted by molar-refractivity contribution is 5.94. The highest BCUT2D eigenvalue weighted by atomic mass is 16.5. The molecular weight excluding hydrogens is 234 g/mol. The average molecular weight is 253 g/mol. The minimum absolute atomic E-state index is 0.141. The number of methoxy groups -OCH3 is 2. The summed E-state index contributed by atoms with van der Waals surface area (Å²) in [6.07, 6.45) is 1.37. The minimum atomic E-state index is -1.01. The summed E-state index contributed by atoms with van der Waals surface area (Å²) in [6, 6.07) is 3.34. The van der Waals surface area contributed by atoms with Gasteiger partial charge in [0.2, 0.25) is 0 Å². The Morgan fingerprint density at radius 1 is 1.17 bits per heavy atom. The van der Waals surface area contributed by atoms with Crippen molar-refractivity contribution < 1.29 is 19.4 Å². The number of anilines is 1. The van der Waals surface area contributed by atoms with Crippen LogP contribution in [0.1, 0.15) is 21.5 Å². The molecule has 0 aliphatic heterocycles. The molecule has 0 aliphatic rings. The van der Waals surface area contributed by atoms with Crippen molar-refractivity contribution in [2.45, 2.75) is 12.8 Å². The Morgan fingerprint density at radius 2 is 1.67 bits per heavy atom.